The van der Waals surface area contributed by atoms with Gasteiger partial charge in [0.2, 0.25) is 0 Å². The molecule has 0 amide bonds. The molecule has 0 aromatic rings. The van der Waals surface area contributed by atoms with E-state index in [1.165, 1.54) is 0 Å². The Bertz CT molecular complexity index is 260. The number of hydrogen-bond acceptors (Lipinski definition) is 4. The van der Waals surface area contributed by atoms with Crippen molar-refractivity contribution in [2.75, 3.05) is 6.61 Å². The lowest BCUT2D eigenvalue weighted by molar-refractivity contribution is -0.142. The number of carbonyl (C=O) groups is 1. The topological polar surface area (TPSA) is 51.0 Å². The molecule has 0 aromatic carbocycles. The van der Waals surface area contributed by atoms with Crippen molar-refractivity contribution >= 4 is 32.4 Å². The first-order chi connectivity index (χ1) is 5.65. The molecule has 0 saturated carbocycles. The fraction of sp³-hybridized carbons (Fsp3) is 0.571. The lowest BCUT2D eigenvalue weighted by Crippen LogP contribution is -2.26. The molecule has 12 heavy (non-hydrogen) atoms. The predicted octanol–water partition coefficient (Wildman–Crippen LogP) is 1.14. The molecular weight excluding hydrogens is 224 g/mol. The summed E-state index contributed by atoms with van der Waals surface area (Å²) in [6, 6.07) is -0.542. The summed E-state index contributed by atoms with van der Waals surface area (Å²) in [7, 11) is 0. The number of hydrogen-bond donors (Lipinski definition) is 0. The molecule has 1 atom stereocenters. The Morgan fingerprint density at radius 3 is 2.83 bits per heavy atom. The highest BCUT2D eigenvalue weighted by Crippen LogP contribution is 2.11. The quantitative estimate of drug-likeness (QED) is 0.530. The third kappa shape index (κ3) is 1.91. The molecule has 0 unspecified atom stereocenters. The molecule has 5 heteroatoms. The van der Waals surface area contributed by atoms with Crippen LogP contribution in [0.1, 0.15) is 13.8 Å². The van der Waals surface area contributed by atoms with Gasteiger partial charge in [-0.1, -0.05) is 0 Å². The zero-order chi connectivity index (χ0) is 9.14. The van der Waals surface area contributed by atoms with Crippen LogP contribution in [0.15, 0.2) is 9.98 Å². The Balaban J connectivity index is 2.66. The van der Waals surface area contributed by atoms with Crippen LogP contribution in [0.25, 0.3) is 0 Å². The standard InChI is InChI=1S/C7H9BrN2O2/c1-3-12-6(11)5-4(2)9-7(8)10-5/h5H,3H2,1-2H3/t5-/m0/s1. The molecule has 0 spiro atoms. The molecule has 0 radical (unpaired) electrons. The van der Waals surface area contributed by atoms with Crippen molar-refractivity contribution in [1.29, 1.82) is 0 Å². The monoisotopic (exact) mass is 232 g/mol. The van der Waals surface area contributed by atoms with Gasteiger partial charge >= 0.3 is 5.97 Å². The van der Waals surface area contributed by atoms with Gasteiger partial charge in [0.15, 0.2) is 10.8 Å². The van der Waals surface area contributed by atoms with E-state index in [0.29, 0.717) is 17.1 Å². The Morgan fingerprint density at radius 1 is 1.75 bits per heavy atom. The van der Waals surface area contributed by atoms with E-state index >= 15 is 0 Å². The summed E-state index contributed by atoms with van der Waals surface area (Å²) < 4.78 is 5.25. The number of ether oxygens (including phenoxy) is 1. The van der Waals surface area contributed by atoms with Gasteiger partial charge in [-0.15, -0.1) is 0 Å². The molecule has 0 aliphatic carbocycles. The molecule has 0 N–H and O–H groups in total. The SMILES string of the molecule is CCOC(=O)[C@H]1N=C(Br)N=C1C. The summed E-state index contributed by atoms with van der Waals surface area (Å²) >= 11 is 3.09. The fourth-order valence-corrected chi connectivity index (χ4v) is 1.36. The number of rotatable bonds is 2. The largest absolute Gasteiger partial charge is 0.464 e. The summed E-state index contributed by atoms with van der Waals surface area (Å²) in [5.74, 6) is -0.340. The number of esters is 1. The van der Waals surface area contributed by atoms with Gasteiger partial charge < -0.3 is 4.74 Å². The first-order valence-electron chi connectivity index (χ1n) is 3.60. The highest BCUT2D eigenvalue weighted by atomic mass is 79.9. The zero-order valence-corrected chi connectivity index (χ0v) is 8.46. The second-order valence-electron chi connectivity index (χ2n) is 2.31. The number of amidine groups is 1. The highest BCUT2D eigenvalue weighted by molar-refractivity contribution is 9.18. The van der Waals surface area contributed by atoms with Gasteiger partial charge in [0.1, 0.15) is 0 Å². The second-order valence-corrected chi connectivity index (χ2v) is 3.02. The van der Waals surface area contributed by atoms with Crippen LogP contribution in [0.3, 0.4) is 0 Å². The van der Waals surface area contributed by atoms with Gasteiger partial charge in [0.25, 0.3) is 0 Å². The van der Waals surface area contributed by atoms with Crippen LogP contribution in [0.2, 0.25) is 0 Å². The van der Waals surface area contributed by atoms with Gasteiger partial charge in [-0.3, -0.25) is 0 Å². The van der Waals surface area contributed by atoms with Crippen LogP contribution in [0.4, 0.5) is 0 Å². The molecule has 0 saturated heterocycles. The number of nitrogens with zero attached hydrogens (tertiary/aromatic N) is 2. The highest BCUT2D eigenvalue weighted by Gasteiger charge is 2.26. The number of carbonyl (C=O) groups excluding carboxylic acids is 1. The Labute approximate surface area is 78.9 Å². The zero-order valence-electron chi connectivity index (χ0n) is 6.87. The average molecular weight is 233 g/mol. The smallest absolute Gasteiger partial charge is 0.336 e. The molecular formula is C7H9BrN2O2. The molecule has 0 aromatic heterocycles. The minimum absolute atomic E-state index is 0.340. The summed E-state index contributed by atoms with van der Waals surface area (Å²) in [6.07, 6.45) is 0. The minimum Gasteiger partial charge on any atom is -0.464 e. The van der Waals surface area contributed by atoms with Gasteiger partial charge in [0, 0.05) is 0 Å². The maximum absolute atomic E-state index is 11.2. The lowest BCUT2D eigenvalue weighted by Gasteiger charge is -2.05. The van der Waals surface area contributed by atoms with E-state index in [9.17, 15) is 4.79 Å². The molecule has 66 valence electrons. The van der Waals surface area contributed by atoms with E-state index in [0.717, 1.165) is 0 Å². The molecule has 1 aliphatic heterocycles. The maximum Gasteiger partial charge on any atom is 0.336 e. The number of aliphatic imine (C=N–C) groups is 2. The van der Waals surface area contributed by atoms with Crippen molar-refractivity contribution in [1.82, 2.24) is 0 Å². The Kier molecular flexibility index (Phi) is 2.97. The first kappa shape index (κ1) is 9.38. The third-order valence-electron chi connectivity index (χ3n) is 1.41. The van der Waals surface area contributed by atoms with E-state index < -0.39 is 6.04 Å². The van der Waals surface area contributed by atoms with Crippen LogP contribution < -0.4 is 0 Å². The van der Waals surface area contributed by atoms with Crippen molar-refractivity contribution in [2.24, 2.45) is 9.98 Å². The minimum atomic E-state index is -0.542. The van der Waals surface area contributed by atoms with Crippen molar-refractivity contribution in [3.05, 3.63) is 0 Å². The molecule has 0 fully saturated rings. The summed E-state index contributed by atoms with van der Waals surface area (Å²) in [5.41, 5.74) is 0.667. The van der Waals surface area contributed by atoms with Crippen LogP contribution in [0.5, 0.6) is 0 Å². The molecule has 1 rings (SSSR count). The van der Waals surface area contributed by atoms with Crippen LogP contribution in [-0.4, -0.2) is 29.1 Å². The fourth-order valence-electron chi connectivity index (χ4n) is 0.880. The van der Waals surface area contributed by atoms with E-state index in [1.54, 1.807) is 13.8 Å². The first-order valence-corrected chi connectivity index (χ1v) is 4.39. The lowest BCUT2D eigenvalue weighted by atomic mass is 10.2. The van der Waals surface area contributed by atoms with Crippen molar-refractivity contribution in [3.63, 3.8) is 0 Å². The maximum atomic E-state index is 11.2. The van der Waals surface area contributed by atoms with Gasteiger partial charge in [0.05, 0.1) is 12.3 Å². The average Bonchev–Trinajstić information content (AvgIpc) is 2.30. The summed E-state index contributed by atoms with van der Waals surface area (Å²) in [4.78, 5) is 19.1. The van der Waals surface area contributed by atoms with Crippen LogP contribution >= 0.6 is 15.9 Å². The molecule has 1 heterocycles. The summed E-state index contributed by atoms with van der Waals surface area (Å²) in [6.45, 7) is 3.88. The van der Waals surface area contributed by atoms with Crippen LogP contribution in [-0.2, 0) is 9.53 Å². The van der Waals surface area contributed by atoms with Gasteiger partial charge in [-0.05, 0) is 29.8 Å². The van der Waals surface area contributed by atoms with E-state index in [1.807, 2.05) is 0 Å². The Morgan fingerprint density at radius 2 is 2.42 bits per heavy atom. The van der Waals surface area contributed by atoms with E-state index in [2.05, 4.69) is 25.9 Å². The Hall–Kier alpha value is -0.710. The van der Waals surface area contributed by atoms with E-state index in [-0.39, 0.29) is 5.97 Å². The van der Waals surface area contributed by atoms with Crippen molar-refractivity contribution in [3.8, 4) is 0 Å². The molecule has 1 aliphatic rings. The molecule has 0 bridgehead atoms. The third-order valence-corrected chi connectivity index (χ3v) is 1.79. The normalized spacial score (nSPS) is 21.8. The predicted molar refractivity (Wildman–Crippen MR) is 49.9 cm³/mol. The van der Waals surface area contributed by atoms with Gasteiger partial charge in [-0.25, -0.2) is 14.8 Å². The van der Waals surface area contributed by atoms with Crippen LogP contribution in [0, 0.1) is 0 Å². The molecule has 4 nitrogen and oxygen atoms in total. The van der Waals surface area contributed by atoms with Crippen molar-refractivity contribution in [2.45, 2.75) is 19.9 Å². The second kappa shape index (κ2) is 3.80. The number of halogens is 1. The van der Waals surface area contributed by atoms with Crippen molar-refractivity contribution < 1.29 is 9.53 Å². The van der Waals surface area contributed by atoms with Gasteiger partial charge in [-0.2, -0.15) is 0 Å². The van der Waals surface area contributed by atoms with E-state index in [4.69, 9.17) is 4.74 Å². The summed E-state index contributed by atoms with van der Waals surface area (Å²) in [5, 5.41) is 0.